The van der Waals surface area contributed by atoms with Crippen LogP contribution in [0.5, 0.6) is 0 Å². The van der Waals surface area contributed by atoms with Crippen LogP contribution in [0, 0.1) is 10.1 Å². The van der Waals surface area contributed by atoms with Gasteiger partial charge in [0.2, 0.25) is 0 Å². The van der Waals surface area contributed by atoms with Gasteiger partial charge < -0.3 is 0 Å². The summed E-state index contributed by atoms with van der Waals surface area (Å²) < 4.78 is 1.50. The highest BCUT2D eigenvalue weighted by atomic mass is 35.5. The van der Waals surface area contributed by atoms with Crippen molar-refractivity contribution in [1.82, 2.24) is 14.8 Å². The number of benzene rings is 1. The second-order valence-corrected chi connectivity index (χ2v) is 3.56. The molecule has 16 heavy (non-hydrogen) atoms. The van der Waals surface area contributed by atoms with Crippen LogP contribution in [0.1, 0.15) is 5.56 Å². The zero-order valence-electron chi connectivity index (χ0n) is 8.08. The molecule has 0 atom stereocenters. The molecule has 0 bridgehead atoms. The Morgan fingerprint density at radius 3 is 2.94 bits per heavy atom. The molecule has 0 aliphatic carbocycles. The summed E-state index contributed by atoms with van der Waals surface area (Å²) in [4.78, 5) is 14.1. The SMILES string of the molecule is O=[N+]([O-])c1ccc(Cl)cc1Cn1cncn1. The third-order valence-electron chi connectivity index (χ3n) is 2.04. The van der Waals surface area contributed by atoms with Crippen molar-refractivity contribution >= 4 is 17.3 Å². The molecule has 2 aromatic rings. The second kappa shape index (κ2) is 4.28. The minimum Gasteiger partial charge on any atom is -0.258 e. The molecule has 0 N–H and O–H groups in total. The number of hydrogen-bond donors (Lipinski definition) is 0. The van der Waals surface area contributed by atoms with Crippen LogP contribution >= 0.6 is 11.6 Å². The third kappa shape index (κ3) is 2.17. The number of rotatable bonds is 3. The zero-order valence-corrected chi connectivity index (χ0v) is 8.83. The molecule has 2 rings (SSSR count). The van der Waals surface area contributed by atoms with E-state index in [0.717, 1.165) is 0 Å². The van der Waals surface area contributed by atoms with Crippen molar-refractivity contribution in [2.24, 2.45) is 0 Å². The van der Waals surface area contributed by atoms with Gasteiger partial charge in [0.05, 0.1) is 17.0 Å². The van der Waals surface area contributed by atoms with Crippen LogP contribution in [0.2, 0.25) is 5.02 Å². The maximum absolute atomic E-state index is 10.8. The molecule has 0 unspecified atom stereocenters. The van der Waals surface area contributed by atoms with E-state index in [1.54, 1.807) is 6.07 Å². The lowest BCUT2D eigenvalue weighted by Crippen LogP contribution is -2.03. The lowest BCUT2D eigenvalue weighted by molar-refractivity contribution is -0.385. The van der Waals surface area contributed by atoms with Gasteiger partial charge in [-0.25, -0.2) is 9.67 Å². The average molecular weight is 239 g/mol. The maximum atomic E-state index is 10.8. The van der Waals surface area contributed by atoms with Gasteiger partial charge in [0.1, 0.15) is 12.7 Å². The van der Waals surface area contributed by atoms with Crippen LogP contribution in [0.4, 0.5) is 5.69 Å². The van der Waals surface area contributed by atoms with Gasteiger partial charge in [0.15, 0.2) is 0 Å². The Balaban J connectivity index is 2.38. The van der Waals surface area contributed by atoms with Crippen LogP contribution in [0.25, 0.3) is 0 Å². The van der Waals surface area contributed by atoms with E-state index < -0.39 is 4.92 Å². The number of nitro groups is 1. The van der Waals surface area contributed by atoms with Crippen LogP contribution in [0.3, 0.4) is 0 Å². The van der Waals surface area contributed by atoms with Crippen molar-refractivity contribution in [3.63, 3.8) is 0 Å². The van der Waals surface area contributed by atoms with Gasteiger partial charge in [-0.2, -0.15) is 5.10 Å². The molecule has 7 heteroatoms. The van der Waals surface area contributed by atoms with Gasteiger partial charge in [0.25, 0.3) is 5.69 Å². The highest BCUT2D eigenvalue weighted by Crippen LogP contribution is 2.23. The third-order valence-corrected chi connectivity index (χ3v) is 2.27. The summed E-state index contributed by atoms with van der Waals surface area (Å²) in [6.45, 7) is 0.275. The van der Waals surface area contributed by atoms with E-state index in [0.29, 0.717) is 10.6 Å². The molecule has 0 aliphatic heterocycles. The Morgan fingerprint density at radius 2 is 2.31 bits per heavy atom. The fourth-order valence-electron chi connectivity index (χ4n) is 1.35. The van der Waals surface area contributed by atoms with Crippen LogP contribution < -0.4 is 0 Å². The summed E-state index contributed by atoms with van der Waals surface area (Å²) in [5.41, 5.74) is 0.530. The minimum absolute atomic E-state index is 0.0277. The summed E-state index contributed by atoms with van der Waals surface area (Å²) in [5.74, 6) is 0. The summed E-state index contributed by atoms with van der Waals surface area (Å²) >= 11 is 5.79. The van der Waals surface area contributed by atoms with Crippen molar-refractivity contribution in [3.8, 4) is 0 Å². The van der Waals surface area contributed by atoms with Gasteiger partial charge in [-0.3, -0.25) is 10.1 Å². The predicted octanol–water partition coefficient (Wildman–Crippen LogP) is 1.89. The number of hydrogen-bond acceptors (Lipinski definition) is 4. The first kappa shape index (κ1) is 10.6. The van der Waals surface area contributed by atoms with E-state index in [1.807, 2.05) is 0 Å². The lowest BCUT2D eigenvalue weighted by atomic mass is 10.2. The summed E-state index contributed by atoms with van der Waals surface area (Å²) in [7, 11) is 0. The first-order valence-corrected chi connectivity index (χ1v) is 4.80. The predicted molar refractivity (Wildman–Crippen MR) is 57.2 cm³/mol. The molecule has 0 aliphatic rings. The molecule has 0 radical (unpaired) electrons. The van der Waals surface area contributed by atoms with E-state index in [-0.39, 0.29) is 12.2 Å². The molecule has 82 valence electrons. The lowest BCUT2D eigenvalue weighted by Gasteiger charge is -2.03. The molecule has 0 fully saturated rings. The monoisotopic (exact) mass is 238 g/mol. The molecule has 1 aromatic carbocycles. The quantitative estimate of drug-likeness (QED) is 0.605. The standard InChI is InChI=1S/C9H7ClN4O2/c10-8-1-2-9(14(15)16)7(3-8)4-13-6-11-5-12-13/h1-3,5-6H,4H2. The Labute approximate surface area is 95.6 Å². The van der Waals surface area contributed by atoms with Crippen molar-refractivity contribution < 1.29 is 4.92 Å². The summed E-state index contributed by atoms with van der Waals surface area (Å²) in [6, 6.07) is 4.43. The topological polar surface area (TPSA) is 73.8 Å². The molecule has 1 heterocycles. The number of nitro benzene ring substituents is 1. The molecule has 0 saturated heterocycles. The van der Waals surface area contributed by atoms with Crippen molar-refractivity contribution in [1.29, 1.82) is 0 Å². The fraction of sp³-hybridized carbons (Fsp3) is 0.111. The van der Waals surface area contributed by atoms with Gasteiger partial charge in [0, 0.05) is 11.1 Å². The van der Waals surface area contributed by atoms with E-state index in [2.05, 4.69) is 10.1 Å². The van der Waals surface area contributed by atoms with Crippen molar-refractivity contribution in [3.05, 3.63) is 51.6 Å². The molecule has 6 nitrogen and oxygen atoms in total. The van der Waals surface area contributed by atoms with Gasteiger partial charge in [-0.15, -0.1) is 0 Å². The Bertz CT molecular complexity index is 512. The smallest absolute Gasteiger partial charge is 0.258 e. The van der Waals surface area contributed by atoms with E-state index >= 15 is 0 Å². The fourth-order valence-corrected chi connectivity index (χ4v) is 1.54. The molecule has 0 amide bonds. The highest BCUT2D eigenvalue weighted by Gasteiger charge is 2.14. The Hall–Kier alpha value is -1.95. The average Bonchev–Trinajstić information content (AvgIpc) is 2.70. The molecule has 1 aromatic heterocycles. The zero-order chi connectivity index (χ0) is 11.5. The molecular weight excluding hydrogens is 232 g/mol. The maximum Gasteiger partial charge on any atom is 0.274 e. The molecule has 0 saturated carbocycles. The van der Waals surface area contributed by atoms with Crippen LogP contribution in [-0.2, 0) is 6.54 Å². The summed E-state index contributed by atoms with van der Waals surface area (Å²) in [6.07, 6.45) is 2.86. The number of aromatic nitrogens is 3. The highest BCUT2D eigenvalue weighted by molar-refractivity contribution is 6.30. The molecular formula is C9H7ClN4O2. The number of nitrogens with zero attached hydrogens (tertiary/aromatic N) is 4. The Morgan fingerprint density at radius 1 is 1.50 bits per heavy atom. The summed E-state index contributed by atoms with van der Waals surface area (Å²) in [5, 5.41) is 15.1. The number of halogens is 1. The van der Waals surface area contributed by atoms with Gasteiger partial charge in [-0.1, -0.05) is 11.6 Å². The van der Waals surface area contributed by atoms with Crippen molar-refractivity contribution in [2.75, 3.05) is 0 Å². The van der Waals surface area contributed by atoms with E-state index in [4.69, 9.17) is 11.6 Å². The molecule has 0 spiro atoms. The minimum atomic E-state index is -0.442. The largest absolute Gasteiger partial charge is 0.274 e. The second-order valence-electron chi connectivity index (χ2n) is 3.12. The van der Waals surface area contributed by atoms with Crippen molar-refractivity contribution in [2.45, 2.75) is 6.54 Å². The van der Waals surface area contributed by atoms with Gasteiger partial charge in [-0.05, 0) is 12.1 Å². The van der Waals surface area contributed by atoms with Gasteiger partial charge >= 0.3 is 0 Å². The Kier molecular flexibility index (Phi) is 2.82. The van der Waals surface area contributed by atoms with E-state index in [9.17, 15) is 10.1 Å². The first-order chi connectivity index (χ1) is 7.66. The van der Waals surface area contributed by atoms with Crippen LogP contribution in [0.15, 0.2) is 30.9 Å². The first-order valence-electron chi connectivity index (χ1n) is 4.42. The normalized spacial score (nSPS) is 10.3. The van der Waals surface area contributed by atoms with Crippen LogP contribution in [-0.4, -0.2) is 19.7 Å². The van der Waals surface area contributed by atoms with E-state index in [1.165, 1.54) is 29.5 Å².